The van der Waals surface area contributed by atoms with Crippen LogP contribution >= 0.6 is 0 Å². The highest BCUT2D eigenvalue weighted by molar-refractivity contribution is 6.05. The fourth-order valence-electron chi connectivity index (χ4n) is 4.66. The number of carbonyl (C=O) groups is 1. The van der Waals surface area contributed by atoms with Crippen LogP contribution in [0.4, 0.5) is 16.3 Å². The predicted molar refractivity (Wildman–Crippen MR) is 144 cm³/mol. The summed E-state index contributed by atoms with van der Waals surface area (Å²) in [5.41, 5.74) is 4.47. The number of aromatic nitrogens is 2. The molecule has 2 N–H and O–H groups in total. The van der Waals surface area contributed by atoms with Gasteiger partial charge in [0.1, 0.15) is 11.3 Å². The number of pyridine rings is 1. The average molecular weight is 503 g/mol. The highest BCUT2D eigenvalue weighted by Gasteiger charge is 2.29. The molecule has 0 saturated carbocycles. The van der Waals surface area contributed by atoms with Gasteiger partial charge in [-0.05, 0) is 59.7 Å². The van der Waals surface area contributed by atoms with Gasteiger partial charge in [0.2, 0.25) is 0 Å². The van der Waals surface area contributed by atoms with E-state index < -0.39 is 11.0 Å². The Labute approximate surface area is 214 Å². The number of nitrogens with one attached hydrogen (secondary N) is 1. The van der Waals surface area contributed by atoms with Gasteiger partial charge >= 0.3 is 6.09 Å². The van der Waals surface area contributed by atoms with Gasteiger partial charge in [-0.15, -0.1) is 0 Å². The van der Waals surface area contributed by atoms with Gasteiger partial charge in [0.15, 0.2) is 5.82 Å². The van der Waals surface area contributed by atoms with E-state index in [-0.39, 0.29) is 11.1 Å². The van der Waals surface area contributed by atoms with Crippen LogP contribution < -0.4 is 10.1 Å². The normalized spacial score (nSPS) is 11.5. The monoisotopic (exact) mass is 502 g/mol. The topological polar surface area (TPSA) is 120 Å². The molecule has 37 heavy (non-hydrogen) atoms. The lowest BCUT2D eigenvalue weighted by Gasteiger charge is -2.21. The van der Waals surface area contributed by atoms with E-state index in [1.165, 1.54) is 16.7 Å². The number of methoxy groups -OCH3 is 1. The molecule has 4 rings (SSSR count). The molecule has 2 aromatic heterocycles. The molecule has 0 spiro atoms. The zero-order valence-electron chi connectivity index (χ0n) is 21.7. The quantitative estimate of drug-likeness (QED) is 0.223. The Morgan fingerprint density at radius 3 is 2.38 bits per heavy atom. The van der Waals surface area contributed by atoms with Crippen molar-refractivity contribution in [2.45, 2.75) is 46.6 Å². The lowest BCUT2D eigenvalue weighted by Crippen LogP contribution is -2.15. The first-order valence-electron chi connectivity index (χ1n) is 11.8. The van der Waals surface area contributed by atoms with Gasteiger partial charge in [-0.3, -0.25) is 10.1 Å². The van der Waals surface area contributed by atoms with Crippen molar-refractivity contribution in [3.63, 3.8) is 0 Å². The average Bonchev–Trinajstić information content (AvgIpc) is 3.15. The standard InChI is InChI=1S/C28H30N4O5/c1-16-13-19(32(35)36)9-12-21(16)24-17(2)23-22(28(3,4)5)15-30-26(25(23)31(24)27(33)34)29-14-18-7-10-20(37-6)11-8-18/h7-13,15H,14H2,1-6H3,(H,29,30)(H,33,34). The summed E-state index contributed by atoms with van der Waals surface area (Å²) in [7, 11) is 1.61. The fourth-order valence-corrected chi connectivity index (χ4v) is 4.66. The van der Waals surface area contributed by atoms with Crippen LogP contribution in [-0.2, 0) is 12.0 Å². The van der Waals surface area contributed by atoms with E-state index in [9.17, 15) is 20.0 Å². The van der Waals surface area contributed by atoms with Gasteiger partial charge in [0.05, 0.1) is 17.7 Å². The molecular formula is C28H30N4O5. The Balaban J connectivity index is 1.97. The van der Waals surface area contributed by atoms with E-state index in [1.807, 2.05) is 31.2 Å². The van der Waals surface area contributed by atoms with Gasteiger partial charge in [0.25, 0.3) is 5.69 Å². The Kier molecular flexibility index (Phi) is 6.64. The van der Waals surface area contributed by atoms with Crippen molar-refractivity contribution in [2.75, 3.05) is 12.4 Å². The summed E-state index contributed by atoms with van der Waals surface area (Å²) >= 11 is 0. The molecule has 0 atom stereocenters. The van der Waals surface area contributed by atoms with Crippen molar-refractivity contribution >= 4 is 28.5 Å². The molecule has 0 bridgehead atoms. The Hall–Kier alpha value is -4.40. The fraction of sp³-hybridized carbons (Fsp3) is 0.286. The number of ether oxygens (including phenoxy) is 1. The number of anilines is 1. The molecule has 9 nitrogen and oxygen atoms in total. The van der Waals surface area contributed by atoms with E-state index >= 15 is 0 Å². The minimum absolute atomic E-state index is 0.0456. The second kappa shape index (κ2) is 9.57. The number of fused-ring (bicyclic) bond motifs is 1. The van der Waals surface area contributed by atoms with Crippen LogP contribution in [0.1, 0.15) is 43.0 Å². The second-order valence-corrected chi connectivity index (χ2v) is 10.0. The number of rotatable bonds is 6. The van der Waals surface area contributed by atoms with E-state index in [1.54, 1.807) is 26.3 Å². The summed E-state index contributed by atoms with van der Waals surface area (Å²) in [5.74, 6) is 1.19. The van der Waals surface area contributed by atoms with Crippen molar-refractivity contribution in [1.82, 2.24) is 9.55 Å². The molecule has 4 aromatic rings. The molecular weight excluding hydrogens is 472 g/mol. The van der Waals surface area contributed by atoms with Crippen LogP contribution in [0.5, 0.6) is 5.75 Å². The number of nitro groups is 1. The third kappa shape index (κ3) is 4.72. The SMILES string of the molecule is COc1ccc(CNc2ncc(C(C)(C)C)c3c(C)c(-c4ccc([N+](=O)[O-])cc4C)n(C(=O)O)c23)cc1. The first-order chi connectivity index (χ1) is 17.4. The highest BCUT2D eigenvalue weighted by atomic mass is 16.6. The van der Waals surface area contributed by atoms with E-state index in [0.29, 0.717) is 34.7 Å². The Morgan fingerprint density at radius 2 is 1.84 bits per heavy atom. The van der Waals surface area contributed by atoms with Crippen LogP contribution in [0.15, 0.2) is 48.7 Å². The van der Waals surface area contributed by atoms with Gasteiger partial charge in [-0.2, -0.15) is 0 Å². The van der Waals surface area contributed by atoms with Gasteiger partial charge < -0.3 is 15.2 Å². The van der Waals surface area contributed by atoms with Crippen LogP contribution in [0.2, 0.25) is 0 Å². The largest absolute Gasteiger partial charge is 0.497 e. The smallest absolute Gasteiger partial charge is 0.416 e. The third-order valence-corrected chi connectivity index (χ3v) is 6.52. The molecule has 0 aliphatic heterocycles. The van der Waals surface area contributed by atoms with E-state index in [4.69, 9.17) is 4.74 Å². The van der Waals surface area contributed by atoms with Crippen molar-refractivity contribution in [2.24, 2.45) is 0 Å². The molecule has 0 aliphatic carbocycles. The number of nitro benzene ring substituents is 1. The maximum absolute atomic E-state index is 12.8. The van der Waals surface area contributed by atoms with Gasteiger partial charge in [-0.1, -0.05) is 32.9 Å². The zero-order valence-corrected chi connectivity index (χ0v) is 21.7. The number of hydrogen-bond acceptors (Lipinski definition) is 6. The molecule has 0 amide bonds. The predicted octanol–water partition coefficient (Wildman–Crippen LogP) is 6.67. The van der Waals surface area contributed by atoms with Crippen LogP contribution in [0.25, 0.3) is 22.2 Å². The molecule has 0 fully saturated rings. The summed E-state index contributed by atoms with van der Waals surface area (Å²) in [6.45, 7) is 10.2. The number of non-ortho nitro benzene ring substituents is 1. The first-order valence-corrected chi connectivity index (χ1v) is 11.8. The lowest BCUT2D eigenvalue weighted by molar-refractivity contribution is -0.384. The molecule has 0 radical (unpaired) electrons. The van der Waals surface area contributed by atoms with Crippen molar-refractivity contribution in [3.8, 4) is 17.0 Å². The highest BCUT2D eigenvalue weighted by Crippen LogP contribution is 2.42. The minimum atomic E-state index is -1.16. The third-order valence-electron chi connectivity index (χ3n) is 6.52. The maximum atomic E-state index is 12.8. The van der Waals surface area contributed by atoms with Crippen molar-refractivity contribution in [3.05, 3.63) is 81.0 Å². The van der Waals surface area contributed by atoms with Crippen molar-refractivity contribution < 1.29 is 19.6 Å². The summed E-state index contributed by atoms with van der Waals surface area (Å²) < 4.78 is 6.47. The van der Waals surface area contributed by atoms with E-state index in [2.05, 4.69) is 31.1 Å². The number of benzene rings is 2. The summed E-state index contributed by atoms with van der Waals surface area (Å²) in [4.78, 5) is 28.2. The first kappa shape index (κ1) is 25.7. The lowest BCUT2D eigenvalue weighted by atomic mass is 9.85. The zero-order chi connectivity index (χ0) is 27.1. The minimum Gasteiger partial charge on any atom is -0.497 e. The molecule has 0 saturated heterocycles. The van der Waals surface area contributed by atoms with E-state index in [0.717, 1.165) is 27.8 Å². The maximum Gasteiger partial charge on any atom is 0.416 e. The van der Waals surface area contributed by atoms with Crippen LogP contribution in [0.3, 0.4) is 0 Å². The number of hydrogen-bond donors (Lipinski definition) is 2. The van der Waals surface area contributed by atoms with Crippen molar-refractivity contribution in [1.29, 1.82) is 0 Å². The Bertz CT molecular complexity index is 1510. The molecule has 0 unspecified atom stereocenters. The second-order valence-electron chi connectivity index (χ2n) is 10.0. The van der Waals surface area contributed by atoms with Crippen LogP contribution in [0, 0.1) is 24.0 Å². The molecule has 2 aromatic carbocycles. The Morgan fingerprint density at radius 1 is 1.16 bits per heavy atom. The number of carboxylic acid groups (broad SMARTS) is 1. The molecule has 9 heteroatoms. The van der Waals surface area contributed by atoms with Gasteiger partial charge in [0, 0.05) is 35.8 Å². The number of aryl methyl sites for hydroxylation is 2. The van der Waals surface area contributed by atoms with Crippen LogP contribution in [-0.4, -0.2) is 32.8 Å². The summed E-state index contributed by atoms with van der Waals surface area (Å²) in [6.07, 6.45) is 0.635. The number of nitrogens with zero attached hydrogens (tertiary/aromatic N) is 3. The molecule has 2 heterocycles. The summed E-state index contributed by atoms with van der Waals surface area (Å²) in [5, 5.41) is 25.8. The molecule has 192 valence electrons. The summed E-state index contributed by atoms with van der Waals surface area (Å²) in [6, 6.07) is 12.1. The molecule has 0 aliphatic rings. The van der Waals surface area contributed by atoms with Gasteiger partial charge in [-0.25, -0.2) is 14.3 Å².